The largest absolute Gasteiger partial charge is 0.508 e. The highest BCUT2D eigenvalue weighted by Gasteiger charge is 2.36. The van der Waals surface area contributed by atoms with Gasteiger partial charge in [-0.25, -0.2) is 4.79 Å². The lowest BCUT2D eigenvalue weighted by molar-refractivity contribution is -0.142. The zero-order valence-corrected chi connectivity index (χ0v) is 45.5. The van der Waals surface area contributed by atoms with E-state index in [4.69, 9.17) is 22.6 Å². The lowest BCUT2D eigenvalue weighted by Crippen LogP contribution is -2.60. The molecule has 1 aromatic carbocycles. The molecule has 0 saturated carbocycles. The molecule has 22 N–H and O–H groups in total. The zero-order valence-electron chi connectivity index (χ0n) is 44.7. The van der Waals surface area contributed by atoms with Crippen LogP contribution in [-0.4, -0.2) is 193 Å². The molecule has 0 saturated heterocycles. The first-order valence-corrected chi connectivity index (χ1v) is 26.8. The molecule has 0 heterocycles. The molecule has 0 aromatic heterocycles. The number of carboxylic acid groups (broad SMARTS) is 5. The molecule has 8 amide bonds. The first-order chi connectivity index (χ1) is 38.1. The van der Waals surface area contributed by atoms with Crippen LogP contribution in [0, 0.1) is 5.41 Å². The van der Waals surface area contributed by atoms with E-state index >= 15 is 0 Å². The number of thioether (sulfide) groups is 1. The van der Waals surface area contributed by atoms with Crippen molar-refractivity contribution in [3.8, 4) is 5.75 Å². The first-order valence-electron chi connectivity index (χ1n) is 25.4. The number of hydrogen-bond donors (Lipinski definition) is 19. The van der Waals surface area contributed by atoms with Gasteiger partial charge in [0.15, 0.2) is 5.96 Å². The average Bonchev–Trinajstić information content (AvgIpc) is 3.38. The highest BCUT2D eigenvalue weighted by molar-refractivity contribution is 7.98. The molecule has 1 rings (SSSR count). The second-order valence-corrected chi connectivity index (χ2v) is 19.4. The van der Waals surface area contributed by atoms with E-state index in [-0.39, 0.29) is 63.1 Å². The van der Waals surface area contributed by atoms with Gasteiger partial charge < -0.3 is 95.7 Å². The van der Waals surface area contributed by atoms with Gasteiger partial charge in [-0.05, 0) is 101 Å². The number of carbonyl (C=O) groups is 13. The van der Waals surface area contributed by atoms with Gasteiger partial charge in [-0.15, -0.1) is 0 Å². The lowest BCUT2D eigenvalue weighted by Gasteiger charge is -2.28. The molecule has 32 nitrogen and oxygen atoms in total. The minimum absolute atomic E-state index is 0.0107. The molecule has 0 bridgehead atoms. The fourth-order valence-corrected chi connectivity index (χ4v) is 7.81. The molecule has 0 unspecified atom stereocenters. The number of unbranched alkanes of at least 4 members (excludes halogenated alkanes) is 1. The van der Waals surface area contributed by atoms with Crippen LogP contribution in [0.2, 0.25) is 0 Å². The van der Waals surface area contributed by atoms with Crippen molar-refractivity contribution in [3.05, 3.63) is 29.8 Å². The van der Waals surface area contributed by atoms with E-state index in [0.29, 0.717) is 12.0 Å². The van der Waals surface area contributed by atoms with Crippen LogP contribution in [0.25, 0.3) is 0 Å². The number of carbonyl (C=O) groups excluding carboxylic acids is 8. The summed E-state index contributed by atoms with van der Waals surface area (Å²) in [6.45, 7) is 1.43. The number of hydrogen-bond acceptors (Lipinski definition) is 18. The predicted octanol–water partition coefficient (Wildman–Crippen LogP) is -4.54. The standard InChI is InChI=1S/C48H75N13O19S/c1-24(50)39(71)54-29(12-15-35(63)64)42(74)55-27(6-3-4-19-49)40(72)57-30(13-16-36(65)66)44(76)59-32(18-21-81-2)45(77)60-33(23-38(69)70)46(78)58-31(14-17-37(67)68)43(75)56-28(7-5-20-53-48(51)52)41(73)61-34(47(79)80)22-25-8-10-26(62)11-9-25/h8-11,24,27-34,62H,3-7,12-23,49-50H2,1-2H3,(H,54,71)(H,55,74)(H,56,75)(H,57,72)(H,58,78)(H,59,76)(H,60,77)(H,61,73)(H,63,64)(H,65,66)(H,67,68)(H,69,70)(H,79,80)(H4,51,52,53)/t24-,27-,28-,29-,30-,31-,32-,33-,34-/m0/s1. The molecular formula is C48H75N13O19S. The first kappa shape index (κ1) is 70.7. The summed E-state index contributed by atoms with van der Waals surface area (Å²) < 4.78 is 0. The molecule has 0 aliphatic rings. The maximum atomic E-state index is 14.0. The number of aromatic hydroxyl groups is 1. The summed E-state index contributed by atoms with van der Waals surface area (Å²) in [7, 11) is 0. The number of phenolic OH excluding ortho intramolecular Hbond substituents is 1. The number of carboxylic acids is 5. The van der Waals surface area contributed by atoms with Crippen molar-refractivity contribution in [2.45, 2.75) is 151 Å². The molecule has 0 fully saturated rings. The van der Waals surface area contributed by atoms with Crippen LogP contribution in [0.1, 0.15) is 96.0 Å². The molecular weight excluding hydrogens is 1090 g/mol. The van der Waals surface area contributed by atoms with Crippen LogP contribution < -0.4 is 65.1 Å². The summed E-state index contributed by atoms with van der Waals surface area (Å²) in [6, 6.07) is -9.31. The smallest absolute Gasteiger partial charge is 0.326 e. The average molecular weight is 1170 g/mol. The predicted molar refractivity (Wildman–Crippen MR) is 286 cm³/mol. The van der Waals surface area contributed by atoms with Crippen LogP contribution in [0.15, 0.2) is 24.3 Å². The van der Waals surface area contributed by atoms with Crippen molar-refractivity contribution >= 4 is 94.8 Å². The summed E-state index contributed by atoms with van der Waals surface area (Å²) in [5, 5.41) is 86.2. The van der Waals surface area contributed by atoms with E-state index in [2.05, 4.69) is 47.9 Å². The number of aliphatic carboxylic acids is 5. The highest BCUT2D eigenvalue weighted by atomic mass is 32.2. The van der Waals surface area contributed by atoms with Crippen molar-refractivity contribution in [2.24, 2.45) is 17.2 Å². The van der Waals surface area contributed by atoms with Crippen molar-refractivity contribution in [3.63, 3.8) is 0 Å². The maximum Gasteiger partial charge on any atom is 0.326 e. The van der Waals surface area contributed by atoms with Gasteiger partial charge in [-0.2, -0.15) is 11.8 Å². The highest BCUT2D eigenvalue weighted by Crippen LogP contribution is 2.14. The molecule has 0 aliphatic heterocycles. The monoisotopic (exact) mass is 1170 g/mol. The second kappa shape index (κ2) is 37.5. The maximum absolute atomic E-state index is 14.0. The fourth-order valence-electron chi connectivity index (χ4n) is 7.34. The van der Waals surface area contributed by atoms with Crippen molar-refractivity contribution in [1.82, 2.24) is 47.9 Å². The molecule has 0 aliphatic carbocycles. The Bertz CT molecular complexity index is 2360. The molecule has 0 spiro atoms. The summed E-state index contributed by atoms with van der Waals surface area (Å²) in [5.41, 5.74) is 17.0. The topological polar surface area (TPSA) is 553 Å². The SMILES string of the molecule is CSCC[C@H](NC(=O)[C@H](CCC(=O)O)NC(=O)[C@H](CCCCN)NC(=O)[C@H](CCC(=O)O)NC(=O)[C@H](C)N)C(=O)N[C@@H](CC(=O)O)C(=O)N[C@@H](CCC(=O)O)C(=O)N[C@@H](CCCNC(=N)N)C(=O)N[C@@H](Cc1ccc(O)cc1)C(=O)O. The molecule has 33 heteroatoms. The lowest BCUT2D eigenvalue weighted by atomic mass is 10.0. The van der Waals surface area contributed by atoms with Gasteiger partial charge in [-0.1, -0.05) is 12.1 Å². The third-order valence-electron chi connectivity index (χ3n) is 11.7. The van der Waals surface area contributed by atoms with Crippen molar-refractivity contribution < 1.29 is 93.0 Å². The fraction of sp³-hybridized carbons (Fsp3) is 0.583. The Labute approximate surface area is 468 Å². The van der Waals surface area contributed by atoms with E-state index in [1.54, 1.807) is 6.26 Å². The number of phenols is 1. The van der Waals surface area contributed by atoms with Gasteiger partial charge in [0.05, 0.1) is 12.5 Å². The van der Waals surface area contributed by atoms with Gasteiger partial charge in [-0.3, -0.25) is 62.9 Å². The van der Waals surface area contributed by atoms with Crippen LogP contribution in [-0.2, 0) is 68.7 Å². The van der Waals surface area contributed by atoms with E-state index in [9.17, 15) is 93.0 Å². The van der Waals surface area contributed by atoms with Gasteiger partial charge in [0, 0.05) is 32.2 Å². The normalized spacial score (nSPS) is 14.2. The van der Waals surface area contributed by atoms with Crippen LogP contribution >= 0.6 is 11.8 Å². The summed E-state index contributed by atoms with van der Waals surface area (Å²) in [5.74, 6) is -16.8. The zero-order chi connectivity index (χ0) is 61.4. The Kier molecular flexibility index (Phi) is 32.7. The summed E-state index contributed by atoms with van der Waals surface area (Å²) >= 11 is 1.17. The molecule has 9 atom stereocenters. The van der Waals surface area contributed by atoms with E-state index in [1.165, 1.54) is 43.0 Å². The van der Waals surface area contributed by atoms with Gasteiger partial charge in [0.1, 0.15) is 54.1 Å². The molecule has 0 radical (unpaired) electrons. The van der Waals surface area contributed by atoms with Gasteiger partial charge in [0.2, 0.25) is 47.3 Å². The number of benzene rings is 1. The second-order valence-electron chi connectivity index (χ2n) is 18.4. The molecule has 452 valence electrons. The Morgan fingerprint density at radius 1 is 0.506 bits per heavy atom. The van der Waals surface area contributed by atoms with E-state index in [0.717, 1.165) is 0 Å². The Balaban J connectivity index is 3.58. The van der Waals surface area contributed by atoms with Crippen molar-refractivity contribution in [1.29, 1.82) is 5.41 Å². The summed E-state index contributed by atoms with van der Waals surface area (Å²) in [6.07, 6.45) is -3.81. The quantitative estimate of drug-likeness (QED) is 0.0167. The van der Waals surface area contributed by atoms with Crippen LogP contribution in [0.4, 0.5) is 0 Å². The minimum Gasteiger partial charge on any atom is -0.508 e. The van der Waals surface area contributed by atoms with Crippen LogP contribution in [0.3, 0.4) is 0 Å². The third kappa shape index (κ3) is 29.5. The number of nitrogens with two attached hydrogens (primary N) is 3. The minimum atomic E-state index is -2.07. The van der Waals surface area contributed by atoms with E-state index < -0.39 is 182 Å². The Morgan fingerprint density at radius 3 is 1.22 bits per heavy atom. The number of guanidine groups is 1. The van der Waals surface area contributed by atoms with E-state index in [1.807, 2.05) is 0 Å². The Hall–Kier alpha value is -8.33. The Morgan fingerprint density at radius 2 is 0.864 bits per heavy atom. The van der Waals surface area contributed by atoms with Crippen LogP contribution in [0.5, 0.6) is 5.75 Å². The van der Waals surface area contributed by atoms with Gasteiger partial charge in [0.25, 0.3) is 0 Å². The number of rotatable bonds is 41. The number of amides is 8. The third-order valence-corrected chi connectivity index (χ3v) is 12.3. The van der Waals surface area contributed by atoms with Crippen molar-refractivity contribution in [2.75, 3.05) is 25.1 Å². The molecule has 81 heavy (non-hydrogen) atoms. The molecule has 1 aromatic rings. The summed E-state index contributed by atoms with van der Waals surface area (Å²) in [4.78, 5) is 169. The number of nitrogens with one attached hydrogen (secondary N) is 10. The van der Waals surface area contributed by atoms with Gasteiger partial charge >= 0.3 is 29.8 Å².